The molecular weight excluding hydrogens is 266 g/mol. The summed E-state index contributed by atoms with van der Waals surface area (Å²) in [6, 6.07) is 0.345. The van der Waals surface area contributed by atoms with E-state index in [0.717, 1.165) is 39.0 Å². The smallest absolute Gasteiger partial charge is 0.224 e. The molecule has 0 spiro atoms. The number of morpholine rings is 1. The summed E-state index contributed by atoms with van der Waals surface area (Å²) < 4.78 is 5.78. The van der Waals surface area contributed by atoms with Gasteiger partial charge >= 0.3 is 0 Å². The minimum atomic E-state index is -0.424. The Bertz CT molecular complexity index is 357. The van der Waals surface area contributed by atoms with E-state index in [1.807, 2.05) is 13.8 Å². The van der Waals surface area contributed by atoms with Crippen molar-refractivity contribution in [3.63, 3.8) is 0 Å². The zero-order valence-electron chi connectivity index (χ0n) is 14.0. The van der Waals surface area contributed by atoms with Crippen LogP contribution in [0.2, 0.25) is 0 Å². The Morgan fingerprint density at radius 2 is 1.90 bits per heavy atom. The summed E-state index contributed by atoms with van der Waals surface area (Å²) >= 11 is 0. The molecule has 2 aliphatic rings. The van der Waals surface area contributed by atoms with E-state index in [1.165, 1.54) is 0 Å². The highest BCUT2D eigenvalue weighted by Crippen LogP contribution is 2.22. The Morgan fingerprint density at radius 3 is 2.48 bits per heavy atom. The van der Waals surface area contributed by atoms with Crippen molar-refractivity contribution in [2.45, 2.75) is 70.7 Å². The van der Waals surface area contributed by atoms with Crippen LogP contribution in [0, 0.1) is 0 Å². The lowest BCUT2D eigenvalue weighted by Crippen LogP contribution is -2.51. The first-order chi connectivity index (χ1) is 9.74. The molecule has 2 heterocycles. The van der Waals surface area contributed by atoms with E-state index in [-0.39, 0.29) is 18.1 Å². The van der Waals surface area contributed by atoms with Crippen molar-refractivity contribution >= 4 is 5.91 Å². The summed E-state index contributed by atoms with van der Waals surface area (Å²) in [5.74, 6) is 0.208. The summed E-state index contributed by atoms with van der Waals surface area (Å²) in [7, 11) is 0. The van der Waals surface area contributed by atoms with Gasteiger partial charge in [0.25, 0.3) is 0 Å². The highest BCUT2D eigenvalue weighted by atomic mass is 16.5. The second-order valence-corrected chi connectivity index (χ2v) is 7.52. The lowest BCUT2D eigenvalue weighted by molar-refractivity contribution is -0.134. The summed E-state index contributed by atoms with van der Waals surface area (Å²) in [5.41, 5.74) is 5.57. The van der Waals surface area contributed by atoms with Gasteiger partial charge in [-0.25, -0.2) is 0 Å². The van der Waals surface area contributed by atoms with Gasteiger partial charge < -0.3 is 15.4 Å². The Morgan fingerprint density at radius 1 is 1.29 bits per heavy atom. The lowest BCUT2D eigenvalue weighted by atomic mass is 10.0. The van der Waals surface area contributed by atoms with Crippen LogP contribution in [0.25, 0.3) is 0 Å². The average Bonchev–Trinajstić information content (AvgIpc) is 2.73. The van der Waals surface area contributed by atoms with Crippen molar-refractivity contribution in [2.24, 2.45) is 5.73 Å². The molecule has 2 rings (SSSR count). The number of nitrogens with zero attached hydrogens (tertiary/aromatic N) is 2. The Balaban J connectivity index is 1.91. The van der Waals surface area contributed by atoms with E-state index >= 15 is 0 Å². The third-order valence-corrected chi connectivity index (χ3v) is 4.27. The number of amides is 1. The molecule has 0 aliphatic carbocycles. The first kappa shape index (κ1) is 16.7. The number of likely N-dealkylation sites (tertiary alicyclic amines) is 1. The second-order valence-electron chi connectivity index (χ2n) is 7.52. The number of rotatable bonds is 4. The van der Waals surface area contributed by atoms with Gasteiger partial charge in [0.1, 0.15) is 0 Å². The summed E-state index contributed by atoms with van der Waals surface area (Å²) in [6.45, 7) is 11.9. The summed E-state index contributed by atoms with van der Waals surface area (Å²) in [6.07, 6.45) is 3.21. The van der Waals surface area contributed by atoms with Gasteiger partial charge in [-0.05, 0) is 40.5 Å². The molecule has 0 bridgehead atoms. The van der Waals surface area contributed by atoms with Crippen LogP contribution in [0.1, 0.15) is 47.0 Å². The standard InChI is InChI=1S/C16H31N3O2/c1-12-9-18(10-13(2)21-12)11-14-6-5-7-19(14)15(20)8-16(3,4)17/h12-14H,5-11,17H2,1-4H3. The average molecular weight is 297 g/mol. The first-order valence-corrected chi connectivity index (χ1v) is 8.21. The fraction of sp³-hybridized carbons (Fsp3) is 0.938. The van der Waals surface area contributed by atoms with Crippen LogP contribution in [-0.2, 0) is 9.53 Å². The Labute approximate surface area is 128 Å². The predicted molar refractivity (Wildman–Crippen MR) is 84.1 cm³/mol. The highest BCUT2D eigenvalue weighted by Gasteiger charge is 2.33. The first-order valence-electron chi connectivity index (χ1n) is 8.21. The SMILES string of the molecule is CC1CN(CC2CCCN2C(=O)CC(C)(C)N)CC(C)O1. The largest absolute Gasteiger partial charge is 0.373 e. The van der Waals surface area contributed by atoms with E-state index in [9.17, 15) is 4.79 Å². The zero-order valence-corrected chi connectivity index (χ0v) is 14.0. The minimum Gasteiger partial charge on any atom is -0.373 e. The van der Waals surface area contributed by atoms with Crippen LogP contribution in [0.5, 0.6) is 0 Å². The van der Waals surface area contributed by atoms with Crippen molar-refractivity contribution < 1.29 is 9.53 Å². The normalized spacial score (nSPS) is 31.7. The fourth-order valence-corrected chi connectivity index (χ4v) is 3.58. The molecule has 0 radical (unpaired) electrons. The van der Waals surface area contributed by atoms with Gasteiger partial charge in [-0.1, -0.05) is 0 Å². The molecule has 5 heteroatoms. The van der Waals surface area contributed by atoms with Crippen molar-refractivity contribution in [1.82, 2.24) is 9.80 Å². The quantitative estimate of drug-likeness (QED) is 0.847. The molecule has 0 aromatic rings. The number of carbonyl (C=O) groups excluding carboxylic acids is 1. The van der Waals surface area contributed by atoms with Crippen LogP contribution in [-0.4, -0.2) is 65.7 Å². The van der Waals surface area contributed by atoms with Crippen LogP contribution < -0.4 is 5.73 Å². The maximum absolute atomic E-state index is 12.4. The topological polar surface area (TPSA) is 58.8 Å². The van der Waals surface area contributed by atoms with E-state index in [0.29, 0.717) is 12.5 Å². The van der Waals surface area contributed by atoms with Crippen molar-refractivity contribution in [2.75, 3.05) is 26.2 Å². The van der Waals surface area contributed by atoms with Gasteiger partial charge in [0.05, 0.1) is 12.2 Å². The minimum absolute atomic E-state index is 0.208. The number of hydrogen-bond acceptors (Lipinski definition) is 4. The molecule has 21 heavy (non-hydrogen) atoms. The van der Waals surface area contributed by atoms with Gasteiger partial charge in [0, 0.05) is 44.2 Å². The number of ether oxygens (including phenoxy) is 1. The predicted octanol–water partition coefficient (Wildman–Crippen LogP) is 1.21. The van der Waals surface area contributed by atoms with E-state index in [1.54, 1.807) is 0 Å². The number of hydrogen-bond donors (Lipinski definition) is 1. The lowest BCUT2D eigenvalue weighted by Gasteiger charge is -2.38. The third kappa shape index (κ3) is 4.94. The van der Waals surface area contributed by atoms with Crippen LogP contribution in [0.4, 0.5) is 0 Å². The van der Waals surface area contributed by atoms with Crippen molar-refractivity contribution in [1.29, 1.82) is 0 Å². The molecule has 2 saturated heterocycles. The van der Waals surface area contributed by atoms with Gasteiger partial charge in [-0.2, -0.15) is 0 Å². The zero-order chi connectivity index (χ0) is 15.6. The Kier molecular flexibility index (Phi) is 5.28. The molecule has 122 valence electrons. The molecule has 0 aromatic carbocycles. The maximum atomic E-state index is 12.4. The van der Waals surface area contributed by atoms with Gasteiger partial charge in [-0.3, -0.25) is 9.69 Å². The fourth-order valence-electron chi connectivity index (χ4n) is 3.58. The van der Waals surface area contributed by atoms with E-state index in [4.69, 9.17) is 10.5 Å². The molecule has 2 aliphatic heterocycles. The molecule has 1 amide bonds. The van der Waals surface area contributed by atoms with Crippen molar-refractivity contribution in [3.8, 4) is 0 Å². The van der Waals surface area contributed by atoms with Crippen LogP contribution in [0.15, 0.2) is 0 Å². The molecular formula is C16H31N3O2. The highest BCUT2D eigenvalue weighted by molar-refractivity contribution is 5.78. The molecule has 3 unspecified atom stereocenters. The second kappa shape index (κ2) is 6.63. The number of nitrogens with two attached hydrogens (primary N) is 1. The van der Waals surface area contributed by atoms with Crippen LogP contribution in [0.3, 0.4) is 0 Å². The molecule has 2 N–H and O–H groups in total. The monoisotopic (exact) mass is 297 g/mol. The molecule has 0 saturated carbocycles. The summed E-state index contributed by atoms with van der Waals surface area (Å²) in [5, 5.41) is 0. The van der Waals surface area contributed by atoms with Gasteiger partial charge in [0.2, 0.25) is 5.91 Å². The van der Waals surface area contributed by atoms with E-state index in [2.05, 4.69) is 23.6 Å². The maximum Gasteiger partial charge on any atom is 0.224 e. The van der Waals surface area contributed by atoms with Crippen LogP contribution >= 0.6 is 0 Å². The van der Waals surface area contributed by atoms with Crippen molar-refractivity contribution in [3.05, 3.63) is 0 Å². The van der Waals surface area contributed by atoms with Gasteiger partial charge in [-0.15, -0.1) is 0 Å². The Hall–Kier alpha value is -0.650. The van der Waals surface area contributed by atoms with Gasteiger partial charge in [0.15, 0.2) is 0 Å². The molecule has 5 nitrogen and oxygen atoms in total. The third-order valence-electron chi connectivity index (χ3n) is 4.27. The van der Waals surface area contributed by atoms with E-state index < -0.39 is 5.54 Å². The summed E-state index contributed by atoms with van der Waals surface area (Å²) in [4.78, 5) is 16.9. The number of carbonyl (C=O) groups is 1. The molecule has 3 atom stereocenters. The molecule has 0 aromatic heterocycles. The molecule has 2 fully saturated rings.